The second kappa shape index (κ2) is 5.87. The molecule has 114 valence electrons. The maximum atomic E-state index is 13.0. The predicted molar refractivity (Wildman–Crippen MR) is 75.7 cm³/mol. The summed E-state index contributed by atoms with van der Waals surface area (Å²) in [5, 5.41) is 14.6. The number of carbonyl (C=O) groups is 1. The van der Waals surface area contributed by atoms with Gasteiger partial charge in [-0.25, -0.2) is 8.78 Å². The molecule has 0 bridgehead atoms. The maximum Gasteiger partial charge on any atom is 0.287 e. The van der Waals surface area contributed by atoms with Crippen LogP contribution in [0.15, 0.2) is 23.3 Å². The Kier molecular flexibility index (Phi) is 4.51. The lowest BCUT2D eigenvalue weighted by Gasteiger charge is -2.30. The van der Waals surface area contributed by atoms with Crippen LogP contribution in [0.2, 0.25) is 10.0 Å². The zero-order valence-corrected chi connectivity index (χ0v) is 12.5. The molecule has 0 spiro atoms. The molecule has 1 N–H and O–H groups in total. The minimum atomic E-state index is -3.13. The second-order valence-corrected chi connectivity index (χ2v) is 5.59. The van der Waals surface area contributed by atoms with E-state index in [9.17, 15) is 18.7 Å². The molecule has 0 unspecified atom stereocenters. The van der Waals surface area contributed by atoms with Gasteiger partial charge in [-0.2, -0.15) is 10.1 Å². The quantitative estimate of drug-likeness (QED) is 0.922. The Hall–Kier alpha value is -1.24. The molecule has 0 aliphatic carbocycles. The number of benzene rings is 1. The third-order valence-electron chi connectivity index (χ3n) is 3.13. The predicted octanol–water partition coefficient (Wildman–Crippen LogP) is 3.10. The first-order valence-electron chi connectivity index (χ1n) is 6.06. The number of nitrogens with zero attached hydrogens (tertiary/aromatic N) is 2. The van der Waals surface area contributed by atoms with Crippen LogP contribution in [-0.4, -0.2) is 33.9 Å². The topological polar surface area (TPSA) is 52.9 Å². The Bertz CT molecular complexity index is 590. The van der Waals surface area contributed by atoms with Crippen LogP contribution in [-0.2, 0) is 11.2 Å². The standard InChI is InChI=1S/C13H12Cl2F2N2O2/c1-7-6-13(21,12(16)17)19(18-7)11(20)5-8-9(14)3-2-4-10(8)15/h2-4,12,21H,5-6H2,1H3/t13-/m0/s1. The second-order valence-electron chi connectivity index (χ2n) is 4.77. The van der Waals surface area contributed by atoms with Gasteiger partial charge in [-0.15, -0.1) is 0 Å². The molecule has 4 nitrogen and oxygen atoms in total. The smallest absolute Gasteiger partial charge is 0.287 e. The molecular formula is C13H12Cl2F2N2O2. The SMILES string of the molecule is CC1=NN(C(=O)Cc2c(Cl)cccc2Cl)[C@@](O)(C(F)F)C1. The molecule has 0 saturated carbocycles. The Labute approximate surface area is 129 Å². The van der Waals surface area contributed by atoms with Gasteiger partial charge < -0.3 is 5.11 Å². The summed E-state index contributed by atoms with van der Waals surface area (Å²) in [6, 6.07) is 4.67. The number of hydrogen-bond acceptors (Lipinski definition) is 3. The highest BCUT2D eigenvalue weighted by Gasteiger charge is 2.50. The molecule has 1 aliphatic heterocycles. The molecule has 1 aliphatic rings. The molecule has 2 rings (SSSR count). The first-order chi connectivity index (χ1) is 9.75. The molecule has 0 aromatic heterocycles. The van der Waals surface area contributed by atoms with Crippen molar-refractivity contribution in [2.45, 2.75) is 31.9 Å². The van der Waals surface area contributed by atoms with Crippen LogP contribution in [0.3, 0.4) is 0 Å². The average Bonchev–Trinajstić information content (AvgIpc) is 2.71. The van der Waals surface area contributed by atoms with Crippen molar-refractivity contribution in [2.75, 3.05) is 0 Å². The van der Waals surface area contributed by atoms with E-state index < -0.39 is 24.5 Å². The van der Waals surface area contributed by atoms with Gasteiger partial charge in [0.25, 0.3) is 6.43 Å². The number of hydrazone groups is 1. The van der Waals surface area contributed by atoms with Crippen molar-refractivity contribution in [3.8, 4) is 0 Å². The Morgan fingerprint density at radius 1 is 1.48 bits per heavy atom. The van der Waals surface area contributed by atoms with E-state index in [1.54, 1.807) is 6.07 Å². The largest absolute Gasteiger partial charge is 0.364 e. The molecule has 1 atom stereocenters. The summed E-state index contributed by atoms with van der Waals surface area (Å²) in [4.78, 5) is 12.2. The molecule has 0 fully saturated rings. The van der Waals surface area contributed by atoms with Crippen molar-refractivity contribution < 1.29 is 18.7 Å². The highest BCUT2D eigenvalue weighted by molar-refractivity contribution is 6.36. The fourth-order valence-corrected chi connectivity index (χ4v) is 2.64. The van der Waals surface area contributed by atoms with Crippen LogP contribution in [0.5, 0.6) is 0 Å². The lowest BCUT2D eigenvalue weighted by molar-refractivity contribution is -0.191. The van der Waals surface area contributed by atoms with E-state index in [4.69, 9.17) is 23.2 Å². The van der Waals surface area contributed by atoms with Crippen LogP contribution in [0.25, 0.3) is 0 Å². The van der Waals surface area contributed by atoms with Crippen molar-refractivity contribution in [2.24, 2.45) is 5.10 Å². The zero-order valence-electron chi connectivity index (χ0n) is 11.0. The van der Waals surface area contributed by atoms with Crippen molar-refractivity contribution >= 4 is 34.8 Å². The first kappa shape index (κ1) is 16.1. The number of carbonyl (C=O) groups excluding carboxylic acids is 1. The van der Waals surface area contributed by atoms with E-state index in [1.165, 1.54) is 19.1 Å². The Balaban J connectivity index is 2.28. The lowest BCUT2D eigenvalue weighted by atomic mass is 10.1. The van der Waals surface area contributed by atoms with Crippen LogP contribution >= 0.6 is 23.2 Å². The summed E-state index contributed by atoms with van der Waals surface area (Å²) in [7, 11) is 0. The summed E-state index contributed by atoms with van der Waals surface area (Å²) in [5.41, 5.74) is -2.06. The van der Waals surface area contributed by atoms with E-state index in [2.05, 4.69) is 5.10 Å². The Morgan fingerprint density at radius 3 is 2.57 bits per heavy atom. The van der Waals surface area contributed by atoms with Gasteiger partial charge in [0.2, 0.25) is 11.6 Å². The normalized spacial score (nSPS) is 21.9. The molecule has 21 heavy (non-hydrogen) atoms. The molecule has 1 heterocycles. The molecule has 0 radical (unpaired) electrons. The van der Waals surface area contributed by atoms with Crippen molar-refractivity contribution in [1.82, 2.24) is 5.01 Å². The lowest BCUT2D eigenvalue weighted by Crippen LogP contribution is -2.52. The molecule has 1 amide bonds. The minimum absolute atomic E-state index is 0.247. The van der Waals surface area contributed by atoms with Crippen LogP contribution in [0, 0.1) is 0 Å². The fourth-order valence-electron chi connectivity index (χ4n) is 2.11. The third-order valence-corrected chi connectivity index (χ3v) is 3.84. The minimum Gasteiger partial charge on any atom is -0.364 e. The third kappa shape index (κ3) is 3.02. The van der Waals surface area contributed by atoms with Crippen molar-refractivity contribution in [3.05, 3.63) is 33.8 Å². The van der Waals surface area contributed by atoms with Gasteiger partial charge in [-0.3, -0.25) is 4.79 Å². The number of rotatable bonds is 3. The molecular weight excluding hydrogens is 325 g/mol. The fraction of sp³-hybridized carbons (Fsp3) is 0.385. The van der Waals surface area contributed by atoms with Gasteiger partial charge in [0.1, 0.15) is 0 Å². The van der Waals surface area contributed by atoms with E-state index in [0.29, 0.717) is 10.6 Å². The van der Waals surface area contributed by atoms with Crippen molar-refractivity contribution in [3.63, 3.8) is 0 Å². The summed E-state index contributed by atoms with van der Waals surface area (Å²) < 4.78 is 26.1. The number of hydrogen-bond donors (Lipinski definition) is 1. The van der Waals surface area contributed by atoms with Crippen LogP contribution in [0.1, 0.15) is 18.9 Å². The van der Waals surface area contributed by atoms with Gasteiger partial charge in [0.05, 0.1) is 6.42 Å². The van der Waals surface area contributed by atoms with Gasteiger partial charge >= 0.3 is 0 Å². The van der Waals surface area contributed by atoms with E-state index in [0.717, 1.165) is 0 Å². The monoisotopic (exact) mass is 336 g/mol. The number of aliphatic hydroxyl groups is 1. The number of halogens is 4. The molecule has 1 aromatic carbocycles. The van der Waals surface area contributed by atoms with Gasteiger partial charge in [0.15, 0.2) is 0 Å². The summed E-state index contributed by atoms with van der Waals surface area (Å²) in [5.74, 6) is -0.801. The number of alkyl halides is 2. The van der Waals surface area contributed by atoms with E-state index in [1.807, 2.05) is 0 Å². The van der Waals surface area contributed by atoms with Gasteiger partial charge in [-0.1, -0.05) is 29.3 Å². The van der Waals surface area contributed by atoms with E-state index >= 15 is 0 Å². The van der Waals surface area contributed by atoms with Gasteiger partial charge in [-0.05, 0) is 24.6 Å². The summed E-state index contributed by atoms with van der Waals surface area (Å²) in [6.45, 7) is 1.46. The zero-order chi connectivity index (χ0) is 15.8. The van der Waals surface area contributed by atoms with Gasteiger partial charge in [0, 0.05) is 22.2 Å². The first-order valence-corrected chi connectivity index (χ1v) is 6.82. The average molecular weight is 337 g/mol. The van der Waals surface area contributed by atoms with Crippen molar-refractivity contribution in [1.29, 1.82) is 0 Å². The Morgan fingerprint density at radius 2 is 2.05 bits per heavy atom. The molecule has 0 saturated heterocycles. The summed E-state index contributed by atoms with van der Waals surface area (Å²) in [6.07, 6.45) is -3.86. The van der Waals surface area contributed by atoms with Crippen LogP contribution < -0.4 is 0 Å². The highest BCUT2D eigenvalue weighted by atomic mass is 35.5. The highest BCUT2D eigenvalue weighted by Crippen LogP contribution is 2.33. The van der Waals surface area contributed by atoms with E-state index in [-0.39, 0.29) is 22.2 Å². The molecule has 1 aromatic rings. The summed E-state index contributed by atoms with van der Waals surface area (Å²) >= 11 is 11.9. The van der Waals surface area contributed by atoms with Crippen LogP contribution in [0.4, 0.5) is 8.78 Å². The number of amides is 1. The molecule has 8 heteroatoms. The maximum absolute atomic E-state index is 13.0.